The Kier molecular flexibility index (Phi) is 22.0. The van der Waals surface area contributed by atoms with Crippen molar-refractivity contribution in [1.29, 1.82) is 0 Å². The molecular formula is C54H76O2S6. The van der Waals surface area contributed by atoms with E-state index in [0.29, 0.717) is 11.1 Å². The lowest BCUT2D eigenvalue weighted by Crippen LogP contribution is -1.94. The summed E-state index contributed by atoms with van der Waals surface area (Å²) in [7, 11) is 0. The number of carbonyl (C=O) groups is 2. The molecule has 340 valence electrons. The third kappa shape index (κ3) is 14.8. The summed E-state index contributed by atoms with van der Waals surface area (Å²) in [5, 5.41) is 0.0667. The Labute approximate surface area is 401 Å². The van der Waals surface area contributed by atoms with Gasteiger partial charge in [0.1, 0.15) is 0 Å². The maximum Gasteiger partial charge on any atom is 0.225 e. The first-order chi connectivity index (χ1) is 30.4. The molecule has 0 spiro atoms. The molecule has 2 nitrogen and oxygen atoms in total. The van der Waals surface area contributed by atoms with E-state index in [4.69, 9.17) is 0 Å². The van der Waals surface area contributed by atoms with Crippen molar-refractivity contribution in [3.63, 3.8) is 0 Å². The maximum absolute atomic E-state index is 13.1. The summed E-state index contributed by atoms with van der Waals surface area (Å²) >= 11 is 10.2. The third-order valence-electron chi connectivity index (χ3n) is 12.9. The van der Waals surface area contributed by atoms with Crippen LogP contribution in [0.25, 0.3) is 33.8 Å². The zero-order chi connectivity index (χ0) is 43.5. The van der Waals surface area contributed by atoms with Crippen molar-refractivity contribution in [2.75, 3.05) is 0 Å². The lowest BCUT2D eigenvalue weighted by atomic mass is 10.0. The quantitative estimate of drug-likeness (QED) is 0.0446. The van der Waals surface area contributed by atoms with Crippen LogP contribution in [-0.2, 0) is 22.4 Å². The fourth-order valence-corrected chi connectivity index (χ4v) is 16.5. The Balaban J connectivity index is 1.02. The van der Waals surface area contributed by atoms with Gasteiger partial charge in [0.2, 0.25) is 10.2 Å². The molecule has 0 fully saturated rings. The van der Waals surface area contributed by atoms with Crippen LogP contribution < -0.4 is 0 Å². The molecule has 8 heteroatoms. The highest BCUT2D eigenvalue weighted by atomic mass is 32.2. The molecule has 0 saturated carbocycles. The molecule has 0 amide bonds. The number of unbranched alkanes of at least 4 members (excludes halogenated alkanes) is 26. The lowest BCUT2D eigenvalue weighted by Gasteiger charge is -2.04. The molecule has 0 bridgehead atoms. The Morgan fingerprint density at radius 1 is 0.387 bits per heavy atom. The number of rotatable bonds is 33. The molecule has 0 aromatic carbocycles. The van der Waals surface area contributed by atoms with Crippen LogP contribution in [0.2, 0.25) is 0 Å². The standard InChI is InChI=1S/C54H76O2S6/c1-5-7-9-11-13-15-17-19-21-23-25-27-29-31-33-41-35-39(3)57-50(41)46-37-43-44(59-46)38-47(60-43)51-42(34-32-30-28-26-24-22-20-18-16-14-12-10-8-6-2)36-45(61-51)52-49-48(53(55)62-52)40(4)58-54(49)56/h35-38H,5-34H2,1-4H3. The zero-order valence-corrected chi connectivity index (χ0v) is 43.7. The second-order valence-electron chi connectivity index (χ2n) is 18.2. The number of hydrogen-bond donors (Lipinski definition) is 0. The second kappa shape index (κ2) is 27.3. The van der Waals surface area contributed by atoms with Crippen LogP contribution >= 0.6 is 68.9 Å². The van der Waals surface area contributed by atoms with Crippen molar-refractivity contribution in [1.82, 2.24) is 0 Å². The van der Waals surface area contributed by atoms with Gasteiger partial charge in [-0.1, -0.05) is 193 Å². The first-order valence-electron chi connectivity index (χ1n) is 25.0. The van der Waals surface area contributed by atoms with Crippen molar-refractivity contribution < 1.29 is 9.59 Å². The van der Waals surface area contributed by atoms with Crippen LogP contribution in [0.4, 0.5) is 0 Å². The summed E-state index contributed by atoms with van der Waals surface area (Å²) < 4.78 is 2.75. The Morgan fingerprint density at radius 3 is 1.23 bits per heavy atom. The highest BCUT2D eigenvalue weighted by Crippen LogP contribution is 2.55. The van der Waals surface area contributed by atoms with E-state index in [1.165, 1.54) is 249 Å². The predicted octanol–water partition coefficient (Wildman–Crippen LogP) is 20.3. The summed E-state index contributed by atoms with van der Waals surface area (Å²) in [4.78, 5) is 36.1. The van der Waals surface area contributed by atoms with Gasteiger partial charge in [-0.05, 0) is 86.7 Å². The van der Waals surface area contributed by atoms with Gasteiger partial charge < -0.3 is 0 Å². The van der Waals surface area contributed by atoms with Crippen LogP contribution in [0.3, 0.4) is 0 Å². The number of carbonyl (C=O) groups excluding carboxylic acids is 2. The van der Waals surface area contributed by atoms with Crippen LogP contribution in [0, 0.1) is 6.92 Å². The van der Waals surface area contributed by atoms with Crippen LogP contribution in [0.15, 0.2) is 40.3 Å². The number of allylic oxidation sites excluding steroid dienone is 1. The molecule has 0 N–H and O–H groups in total. The van der Waals surface area contributed by atoms with E-state index >= 15 is 0 Å². The highest BCUT2D eigenvalue weighted by molar-refractivity contribution is 8.24. The minimum absolute atomic E-state index is 0.0334. The van der Waals surface area contributed by atoms with E-state index in [-0.39, 0.29) is 10.2 Å². The Hall–Kier alpha value is -1.42. The average molecular weight is 950 g/mol. The summed E-state index contributed by atoms with van der Waals surface area (Å²) in [6.45, 7) is 8.79. The van der Waals surface area contributed by atoms with E-state index in [0.717, 1.165) is 21.1 Å². The van der Waals surface area contributed by atoms with Gasteiger partial charge in [0.25, 0.3) is 0 Å². The molecule has 6 rings (SSSR count). The van der Waals surface area contributed by atoms with Gasteiger partial charge >= 0.3 is 0 Å². The minimum Gasteiger partial charge on any atom is -0.281 e. The molecule has 0 saturated heterocycles. The van der Waals surface area contributed by atoms with Crippen molar-refractivity contribution in [2.24, 2.45) is 0 Å². The van der Waals surface area contributed by atoms with E-state index in [1.54, 1.807) is 16.9 Å². The van der Waals surface area contributed by atoms with Crippen molar-refractivity contribution >= 4 is 93.4 Å². The van der Waals surface area contributed by atoms with Crippen molar-refractivity contribution in [3.8, 4) is 19.5 Å². The van der Waals surface area contributed by atoms with E-state index in [1.807, 2.05) is 40.9 Å². The van der Waals surface area contributed by atoms with Gasteiger partial charge in [0.15, 0.2) is 0 Å². The van der Waals surface area contributed by atoms with Crippen molar-refractivity contribution in [2.45, 2.75) is 220 Å². The number of thioether (sulfide) groups is 2. The normalized spacial score (nSPS) is 14.3. The molecule has 2 aliphatic rings. The Bertz CT molecular complexity index is 2030. The molecule has 0 radical (unpaired) electrons. The maximum atomic E-state index is 13.1. The molecule has 6 heterocycles. The highest BCUT2D eigenvalue weighted by Gasteiger charge is 2.41. The van der Waals surface area contributed by atoms with Crippen molar-refractivity contribution in [3.05, 3.63) is 61.2 Å². The molecule has 0 atom stereocenters. The smallest absolute Gasteiger partial charge is 0.225 e. The van der Waals surface area contributed by atoms with E-state index in [9.17, 15) is 9.59 Å². The Morgan fingerprint density at radius 2 is 0.774 bits per heavy atom. The average Bonchev–Trinajstić information content (AvgIpc) is 4.11. The van der Waals surface area contributed by atoms with Gasteiger partial charge in [0, 0.05) is 48.5 Å². The van der Waals surface area contributed by atoms with Gasteiger partial charge in [-0.2, -0.15) is 0 Å². The first-order valence-corrected chi connectivity index (χ1v) is 29.9. The van der Waals surface area contributed by atoms with Crippen LogP contribution in [0.1, 0.15) is 221 Å². The van der Waals surface area contributed by atoms with E-state index in [2.05, 4.69) is 45.0 Å². The van der Waals surface area contributed by atoms with Gasteiger partial charge in [0.05, 0.1) is 11.1 Å². The fraction of sp³-hybridized carbons (Fsp3) is 0.630. The molecule has 4 aromatic heterocycles. The molecule has 62 heavy (non-hydrogen) atoms. The number of fused-ring (bicyclic) bond motifs is 2. The van der Waals surface area contributed by atoms with E-state index < -0.39 is 0 Å². The fourth-order valence-electron chi connectivity index (χ4n) is 9.32. The number of aryl methyl sites for hydroxylation is 3. The van der Waals surface area contributed by atoms with Crippen LogP contribution in [-0.4, -0.2) is 10.2 Å². The zero-order valence-electron chi connectivity index (χ0n) is 38.8. The molecule has 2 aliphatic heterocycles. The largest absolute Gasteiger partial charge is 0.281 e. The molecule has 0 unspecified atom stereocenters. The molecule has 4 aromatic rings. The van der Waals surface area contributed by atoms with Gasteiger partial charge in [-0.15, -0.1) is 45.3 Å². The van der Waals surface area contributed by atoms with Gasteiger partial charge in [-0.3, -0.25) is 9.59 Å². The lowest BCUT2D eigenvalue weighted by molar-refractivity contribution is -0.109. The second-order valence-corrected chi connectivity index (χ2v) is 24.9. The monoisotopic (exact) mass is 948 g/mol. The predicted molar refractivity (Wildman–Crippen MR) is 284 cm³/mol. The minimum atomic E-state index is 0.0334. The van der Waals surface area contributed by atoms with Gasteiger partial charge in [-0.25, -0.2) is 0 Å². The summed E-state index contributed by atoms with van der Waals surface area (Å²) in [5.74, 6) is 0. The third-order valence-corrected chi connectivity index (χ3v) is 19.9. The summed E-state index contributed by atoms with van der Waals surface area (Å²) in [5.41, 5.74) is 4.24. The number of thiophene rings is 4. The molecule has 0 aliphatic carbocycles. The number of hydrogen-bond acceptors (Lipinski definition) is 8. The summed E-state index contributed by atoms with van der Waals surface area (Å²) in [6, 6.07) is 9.68. The first kappa shape index (κ1) is 50.0. The topological polar surface area (TPSA) is 34.1 Å². The molecular weight excluding hydrogens is 873 g/mol. The van der Waals surface area contributed by atoms with Crippen LogP contribution in [0.5, 0.6) is 0 Å². The SMILES string of the molecule is CCCCCCCCCCCCCCCCc1cc(C)sc1-c1cc2sc(-c3sc(C4=C5C(=O)SC(C)=C5C(=O)S4)cc3CCCCCCCCCCCCCCCC)cc2s1. The summed E-state index contributed by atoms with van der Waals surface area (Å²) in [6.07, 6.45) is 40.9.